The number of aliphatic imine (C=N–C) groups is 2. The summed E-state index contributed by atoms with van der Waals surface area (Å²) in [6, 6.07) is -0.850. The lowest BCUT2D eigenvalue weighted by atomic mass is 9.89. The molecule has 170 valence electrons. The van der Waals surface area contributed by atoms with E-state index in [1.807, 2.05) is 0 Å². The summed E-state index contributed by atoms with van der Waals surface area (Å²) in [6.45, 7) is 2.62. The number of nitrogens with two attached hydrogens (primary N) is 1. The maximum atomic E-state index is 14.0. The number of Topliss-reactive ketones (excluding diaryl/α,β-unsaturated/α-hetero) is 1. The van der Waals surface area contributed by atoms with Gasteiger partial charge in [-0.15, -0.1) is 0 Å². The van der Waals surface area contributed by atoms with Crippen molar-refractivity contribution in [3.63, 3.8) is 0 Å². The minimum Gasteiger partial charge on any atom is -0.464 e. The topological polar surface area (TPSA) is 180 Å². The Morgan fingerprint density at radius 3 is 2.87 bits per heavy atom. The lowest BCUT2D eigenvalue weighted by Crippen LogP contribution is -2.63. The van der Waals surface area contributed by atoms with E-state index in [1.165, 1.54) is 4.90 Å². The number of guanidine groups is 1. The molecule has 3 rings (SSSR count). The molecule has 0 aliphatic carbocycles. The molecule has 0 spiro atoms. The van der Waals surface area contributed by atoms with Crippen molar-refractivity contribution >= 4 is 35.8 Å². The number of fused-ring (bicyclic) bond motifs is 1. The zero-order valence-corrected chi connectivity index (χ0v) is 17.1. The molecule has 12 nitrogen and oxygen atoms in total. The number of hydrogen-bond donors (Lipinski definition) is 4. The number of ketones is 1. The highest BCUT2D eigenvalue weighted by molar-refractivity contribution is 6.38. The first-order valence-corrected chi connectivity index (χ1v) is 9.80. The van der Waals surface area contributed by atoms with E-state index >= 15 is 0 Å². The van der Waals surface area contributed by atoms with Gasteiger partial charge in [0, 0.05) is 12.8 Å². The smallest absolute Gasteiger partial charge is 0.323 e. The Morgan fingerprint density at radius 2 is 2.26 bits per heavy atom. The third kappa shape index (κ3) is 4.07. The van der Waals surface area contributed by atoms with Crippen LogP contribution in [-0.4, -0.2) is 89.1 Å². The quantitative estimate of drug-likeness (QED) is 0.259. The second kappa shape index (κ2) is 8.77. The van der Waals surface area contributed by atoms with E-state index in [0.29, 0.717) is 0 Å². The molecule has 3 aliphatic heterocycles. The largest absolute Gasteiger partial charge is 0.464 e. The van der Waals surface area contributed by atoms with Crippen LogP contribution in [0.1, 0.15) is 26.7 Å². The van der Waals surface area contributed by atoms with Gasteiger partial charge in [0.25, 0.3) is 11.4 Å². The van der Waals surface area contributed by atoms with Crippen LogP contribution in [0.4, 0.5) is 4.39 Å². The number of aliphatic hydroxyl groups excluding tert-OH is 1. The van der Waals surface area contributed by atoms with Crippen molar-refractivity contribution in [3.8, 4) is 0 Å². The molecule has 0 aromatic carbocycles. The number of alkyl halides is 1. The van der Waals surface area contributed by atoms with Crippen LogP contribution in [0.2, 0.25) is 0 Å². The minimum atomic E-state index is -2.11. The SMILES string of the molecule is CC(C)[C@H](N)C(=O)OCCC(=O)C12N=CN([C@H]3CC(F)[C@@H](CO)O3)C1=NC(=N)NC2=O. The summed E-state index contributed by atoms with van der Waals surface area (Å²) < 4.78 is 24.5. The number of esters is 1. The van der Waals surface area contributed by atoms with Crippen molar-refractivity contribution in [3.05, 3.63) is 0 Å². The van der Waals surface area contributed by atoms with E-state index in [9.17, 15) is 23.9 Å². The Labute approximate surface area is 177 Å². The lowest BCUT2D eigenvalue weighted by Gasteiger charge is -2.32. The number of rotatable bonds is 8. The van der Waals surface area contributed by atoms with Crippen LogP contribution in [0, 0.1) is 11.3 Å². The molecular weight excluding hydrogens is 415 g/mol. The Balaban J connectivity index is 1.76. The summed E-state index contributed by atoms with van der Waals surface area (Å²) in [4.78, 5) is 46.8. The van der Waals surface area contributed by atoms with Gasteiger partial charge in [0.15, 0.2) is 11.6 Å². The highest BCUT2D eigenvalue weighted by Crippen LogP contribution is 2.33. The third-order valence-electron chi connectivity index (χ3n) is 5.34. The van der Waals surface area contributed by atoms with E-state index in [1.54, 1.807) is 13.8 Å². The molecule has 1 amide bonds. The molecule has 2 unspecified atom stereocenters. The molecule has 1 fully saturated rings. The third-order valence-corrected chi connectivity index (χ3v) is 5.34. The molecule has 3 heterocycles. The molecule has 3 aliphatic rings. The average molecular weight is 440 g/mol. The Morgan fingerprint density at radius 1 is 1.55 bits per heavy atom. The predicted octanol–water partition coefficient (Wildman–Crippen LogP) is -1.54. The number of nitrogens with zero attached hydrogens (tertiary/aromatic N) is 3. The van der Waals surface area contributed by atoms with Crippen molar-refractivity contribution in [1.29, 1.82) is 5.41 Å². The van der Waals surface area contributed by atoms with E-state index in [2.05, 4.69) is 15.3 Å². The van der Waals surface area contributed by atoms with Crippen molar-refractivity contribution in [1.82, 2.24) is 10.2 Å². The first-order chi connectivity index (χ1) is 14.6. The van der Waals surface area contributed by atoms with Gasteiger partial charge in [-0.2, -0.15) is 4.99 Å². The zero-order valence-electron chi connectivity index (χ0n) is 17.1. The Kier molecular flexibility index (Phi) is 6.48. The molecule has 31 heavy (non-hydrogen) atoms. The monoisotopic (exact) mass is 440 g/mol. The number of aliphatic hydroxyl groups is 1. The van der Waals surface area contributed by atoms with Crippen molar-refractivity contribution < 1.29 is 33.4 Å². The summed E-state index contributed by atoms with van der Waals surface area (Å²) in [5.74, 6) is -3.17. The molecule has 13 heteroatoms. The molecule has 0 aromatic heterocycles. The second-order valence-electron chi connectivity index (χ2n) is 7.77. The molecule has 0 aromatic rings. The molecule has 5 N–H and O–H groups in total. The second-order valence-corrected chi connectivity index (χ2v) is 7.77. The summed E-state index contributed by atoms with van der Waals surface area (Å²) in [7, 11) is 0. The normalized spacial score (nSPS) is 30.8. The Bertz CT molecular complexity index is 847. The number of ether oxygens (including phenoxy) is 2. The van der Waals surface area contributed by atoms with Crippen LogP contribution < -0.4 is 11.1 Å². The highest BCUT2D eigenvalue weighted by atomic mass is 19.1. The fourth-order valence-corrected chi connectivity index (χ4v) is 3.43. The molecular formula is C18H25FN6O6. The van der Waals surface area contributed by atoms with Gasteiger partial charge in [-0.1, -0.05) is 13.8 Å². The van der Waals surface area contributed by atoms with Gasteiger partial charge in [-0.05, 0) is 5.92 Å². The van der Waals surface area contributed by atoms with Crippen LogP contribution in [-0.2, 0) is 23.9 Å². The van der Waals surface area contributed by atoms with E-state index in [-0.39, 0.29) is 31.2 Å². The van der Waals surface area contributed by atoms with Crippen LogP contribution in [0.15, 0.2) is 9.98 Å². The number of hydrogen-bond acceptors (Lipinski definition) is 10. The van der Waals surface area contributed by atoms with Gasteiger partial charge in [-0.25, -0.2) is 9.38 Å². The first kappa shape index (κ1) is 22.9. The maximum absolute atomic E-state index is 14.0. The van der Waals surface area contributed by atoms with Crippen LogP contribution in [0.3, 0.4) is 0 Å². The number of nitrogens with one attached hydrogen (secondary N) is 2. The van der Waals surface area contributed by atoms with Crippen LogP contribution in [0.25, 0.3) is 0 Å². The van der Waals surface area contributed by atoms with E-state index in [4.69, 9.17) is 20.6 Å². The number of amides is 1. The van der Waals surface area contributed by atoms with Gasteiger partial charge in [0.1, 0.15) is 24.5 Å². The average Bonchev–Trinajstić information content (AvgIpc) is 3.28. The maximum Gasteiger partial charge on any atom is 0.323 e. The van der Waals surface area contributed by atoms with Gasteiger partial charge in [0.2, 0.25) is 5.96 Å². The highest BCUT2D eigenvalue weighted by Gasteiger charge is 2.59. The summed E-state index contributed by atoms with van der Waals surface area (Å²) in [5, 5.41) is 19.1. The predicted molar refractivity (Wildman–Crippen MR) is 105 cm³/mol. The number of carbonyl (C=O) groups excluding carboxylic acids is 3. The summed E-state index contributed by atoms with van der Waals surface area (Å²) in [6.07, 6.45) is -2.88. The van der Waals surface area contributed by atoms with Crippen molar-refractivity contribution in [2.24, 2.45) is 21.6 Å². The molecule has 0 bridgehead atoms. The lowest BCUT2D eigenvalue weighted by molar-refractivity contribution is -0.147. The fraction of sp³-hybridized carbons (Fsp3) is 0.667. The van der Waals surface area contributed by atoms with Gasteiger partial charge < -0.3 is 20.3 Å². The fourth-order valence-electron chi connectivity index (χ4n) is 3.43. The molecule has 5 atom stereocenters. The van der Waals surface area contributed by atoms with E-state index < -0.39 is 60.3 Å². The molecule has 0 saturated carbocycles. The number of carbonyl (C=O) groups is 3. The summed E-state index contributed by atoms with van der Waals surface area (Å²) >= 11 is 0. The van der Waals surface area contributed by atoms with Crippen molar-refractivity contribution in [2.75, 3.05) is 13.2 Å². The molecule has 1 saturated heterocycles. The van der Waals surface area contributed by atoms with Crippen LogP contribution in [0.5, 0.6) is 0 Å². The standard InChI is InChI=1S/C18H25FN6O6/c1-8(2)13(20)14(28)30-4-3-11(27)18-15(23-17(21)24-16(18)29)25(7-22-18)12-5-9(19)10(6-26)31-12/h7-10,12-13,26H,3-6,20H2,1-2H3,(H2,21,24,29)/t9?,10-,12-,13+,18?/m1/s1. The van der Waals surface area contributed by atoms with Gasteiger partial charge in [-0.3, -0.25) is 30.0 Å². The van der Waals surface area contributed by atoms with Crippen LogP contribution >= 0.6 is 0 Å². The number of amidine groups is 1. The minimum absolute atomic E-state index is 0.153. The van der Waals surface area contributed by atoms with E-state index in [0.717, 1.165) is 6.34 Å². The van der Waals surface area contributed by atoms with Gasteiger partial charge in [0.05, 0.1) is 19.6 Å². The summed E-state index contributed by atoms with van der Waals surface area (Å²) in [5.41, 5.74) is 3.60. The number of halogens is 1. The van der Waals surface area contributed by atoms with Gasteiger partial charge >= 0.3 is 5.97 Å². The Hall–Kier alpha value is -2.77. The van der Waals surface area contributed by atoms with Crippen molar-refractivity contribution in [2.45, 2.75) is 56.8 Å². The first-order valence-electron chi connectivity index (χ1n) is 9.80. The zero-order chi connectivity index (χ0) is 22.9. The molecule has 0 radical (unpaired) electrons.